The van der Waals surface area contributed by atoms with Gasteiger partial charge in [0.2, 0.25) is 0 Å². The molecule has 0 fully saturated rings. The third kappa shape index (κ3) is 10.7. The highest BCUT2D eigenvalue weighted by molar-refractivity contribution is 9.09. The van der Waals surface area contributed by atoms with E-state index in [1.165, 1.54) is 38.5 Å². The first-order chi connectivity index (χ1) is 5.91. The first-order valence-corrected chi connectivity index (χ1v) is 6.93. The van der Waals surface area contributed by atoms with Crippen LogP contribution in [0, 0.1) is 0 Å². The van der Waals surface area contributed by atoms with Crippen molar-refractivity contribution in [2.45, 2.75) is 38.5 Å². The molecule has 0 radical (unpaired) electrons. The van der Waals surface area contributed by atoms with E-state index >= 15 is 0 Å². The Kier molecular flexibility index (Phi) is 12.4. The van der Waals surface area contributed by atoms with E-state index in [0.717, 1.165) is 10.7 Å². The Balaban J connectivity index is 2.93. The van der Waals surface area contributed by atoms with Crippen molar-refractivity contribution in [2.24, 2.45) is 0 Å². The lowest BCUT2D eigenvalue weighted by Gasteiger charge is -1.92. The fourth-order valence-electron chi connectivity index (χ4n) is 0.949. The third-order valence-corrected chi connectivity index (χ3v) is 2.80. The lowest BCUT2D eigenvalue weighted by molar-refractivity contribution is 0.804. The van der Waals surface area contributed by atoms with E-state index in [-0.39, 0.29) is 0 Å². The molecule has 0 bridgehead atoms. The van der Waals surface area contributed by atoms with E-state index in [2.05, 4.69) is 44.0 Å². The van der Waals surface area contributed by atoms with E-state index in [1.54, 1.807) is 0 Å². The van der Waals surface area contributed by atoms with Gasteiger partial charge in [0.25, 0.3) is 0 Å². The summed E-state index contributed by atoms with van der Waals surface area (Å²) < 4.78 is 0. The zero-order chi connectivity index (χ0) is 9.07. The van der Waals surface area contributed by atoms with Crippen molar-refractivity contribution >= 4 is 31.9 Å². The lowest BCUT2D eigenvalue weighted by Crippen LogP contribution is -1.75. The molecule has 0 N–H and O–H groups in total. The summed E-state index contributed by atoms with van der Waals surface area (Å²) in [4.78, 5) is 0. The minimum absolute atomic E-state index is 1.14. The SMILES string of the molecule is BrCCCC/C=C/CCCCBr. The van der Waals surface area contributed by atoms with Crippen LogP contribution >= 0.6 is 31.9 Å². The molecule has 0 aromatic rings. The van der Waals surface area contributed by atoms with Crippen molar-refractivity contribution in [2.75, 3.05) is 10.7 Å². The van der Waals surface area contributed by atoms with Crippen LogP contribution in [0.4, 0.5) is 0 Å². The maximum atomic E-state index is 3.42. The van der Waals surface area contributed by atoms with E-state index in [0.29, 0.717) is 0 Å². The molecule has 0 heterocycles. The van der Waals surface area contributed by atoms with E-state index in [4.69, 9.17) is 0 Å². The average molecular weight is 298 g/mol. The number of allylic oxidation sites excluding steroid dienone is 2. The van der Waals surface area contributed by atoms with Gasteiger partial charge in [-0.25, -0.2) is 0 Å². The molecule has 0 atom stereocenters. The van der Waals surface area contributed by atoms with Gasteiger partial charge in [-0.1, -0.05) is 44.0 Å². The van der Waals surface area contributed by atoms with E-state index in [9.17, 15) is 0 Å². The number of alkyl halides is 2. The molecule has 0 spiro atoms. The molecule has 72 valence electrons. The average Bonchev–Trinajstić information content (AvgIpc) is 2.10. The first kappa shape index (κ1) is 12.7. The predicted octanol–water partition coefficient (Wildman–Crippen LogP) is 4.67. The van der Waals surface area contributed by atoms with Gasteiger partial charge in [0, 0.05) is 10.7 Å². The summed E-state index contributed by atoms with van der Waals surface area (Å²) in [5.41, 5.74) is 0. The molecule has 2 heteroatoms. The lowest BCUT2D eigenvalue weighted by atomic mass is 10.2. The molecule has 0 amide bonds. The quantitative estimate of drug-likeness (QED) is 0.347. The first-order valence-electron chi connectivity index (χ1n) is 4.68. The van der Waals surface area contributed by atoms with Crippen LogP contribution in [0.3, 0.4) is 0 Å². The maximum absolute atomic E-state index is 3.42. The summed E-state index contributed by atoms with van der Waals surface area (Å²) in [7, 11) is 0. The van der Waals surface area contributed by atoms with Gasteiger partial charge in [-0.05, 0) is 38.5 Å². The van der Waals surface area contributed by atoms with Crippen LogP contribution in [0.5, 0.6) is 0 Å². The smallest absolute Gasteiger partial charge is 0.00314 e. The van der Waals surface area contributed by atoms with Crippen LogP contribution in [0.15, 0.2) is 12.2 Å². The van der Waals surface area contributed by atoms with Gasteiger partial charge in [0.05, 0.1) is 0 Å². The van der Waals surface area contributed by atoms with Crippen LogP contribution in [-0.2, 0) is 0 Å². The number of halogens is 2. The Morgan fingerprint density at radius 3 is 1.42 bits per heavy atom. The fraction of sp³-hybridized carbons (Fsp3) is 0.800. The monoisotopic (exact) mass is 296 g/mol. The van der Waals surface area contributed by atoms with Crippen molar-refractivity contribution in [1.82, 2.24) is 0 Å². The molecular formula is C10H18Br2. The summed E-state index contributed by atoms with van der Waals surface area (Å²) in [5, 5.41) is 2.29. The summed E-state index contributed by atoms with van der Waals surface area (Å²) in [6, 6.07) is 0. The molecular weight excluding hydrogens is 280 g/mol. The van der Waals surface area contributed by atoms with Gasteiger partial charge < -0.3 is 0 Å². The van der Waals surface area contributed by atoms with Crippen molar-refractivity contribution < 1.29 is 0 Å². The third-order valence-electron chi connectivity index (χ3n) is 1.68. The Bertz CT molecular complexity index is 88.0. The van der Waals surface area contributed by atoms with Gasteiger partial charge in [-0.3, -0.25) is 0 Å². The van der Waals surface area contributed by atoms with Crippen molar-refractivity contribution in [3.63, 3.8) is 0 Å². The molecule has 0 aliphatic rings. The second-order valence-corrected chi connectivity index (χ2v) is 4.43. The van der Waals surface area contributed by atoms with Gasteiger partial charge in [-0.2, -0.15) is 0 Å². The van der Waals surface area contributed by atoms with Crippen molar-refractivity contribution in [3.8, 4) is 0 Å². The molecule has 0 saturated carbocycles. The molecule has 12 heavy (non-hydrogen) atoms. The predicted molar refractivity (Wildman–Crippen MR) is 64.4 cm³/mol. The minimum Gasteiger partial charge on any atom is -0.0928 e. The van der Waals surface area contributed by atoms with Crippen LogP contribution < -0.4 is 0 Å². The van der Waals surface area contributed by atoms with Crippen LogP contribution in [0.2, 0.25) is 0 Å². The largest absolute Gasteiger partial charge is 0.0928 e. The van der Waals surface area contributed by atoms with E-state index in [1.807, 2.05) is 0 Å². The molecule has 0 unspecified atom stereocenters. The molecule has 0 aliphatic carbocycles. The molecule has 0 rings (SSSR count). The topological polar surface area (TPSA) is 0 Å². The molecule has 0 aromatic carbocycles. The zero-order valence-electron chi connectivity index (χ0n) is 7.57. The molecule has 0 aromatic heterocycles. The summed E-state index contributed by atoms with van der Waals surface area (Å²) in [6.45, 7) is 0. The molecule has 0 nitrogen and oxygen atoms in total. The fourth-order valence-corrected chi connectivity index (χ4v) is 1.74. The van der Waals surface area contributed by atoms with Gasteiger partial charge in [0.15, 0.2) is 0 Å². The van der Waals surface area contributed by atoms with Crippen LogP contribution in [-0.4, -0.2) is 10.7 Å². The van der Waals surface area contributed by atoms with Crippen LogP contribution in [0.25, 0.3) is 0 Å². The Morgan fingerprint density at radius 2 is 1.08 bits per heavy atom. The Hall–Kier alpha value is 0.700. The van der Waals surface area contributed by atoms with Gasteiger partial charge in [-0.15, -0.1) is 0 Å². The highest BCUT2D eigenvalue weighted by atomic mass is 79.9. The number of hydrogen-bond donors (Lipinski definition) is 0. The molecule has 0 saturated heterocycles. The Labute approximate surface area is 93.1 Å². The summed E-state index contributed by atoms with van der Waals surface area (Å²) >= 11 is 6.85. The number of rotatable bonds is 8. The van der Waals surface area contributed by atoms with Gasteiger partial charge >= 0.3 is 0 Å². The van der Waals surface area contributed by atoms with Crippen molar-refractivity contribution in [3.05, 3.63) is 12.2 Å². The highest BCUT2D eigenvalue weighted by Gasteiger charge is 1.83. The van der Waals surface area contributed by atoms with Gasteiger partial charge in [0.1, 0.15) is 0 Å². The number of unbranched alkanes of at least 4 members (excludes halogenated alkanes) is 4. The van der Waals surface area contributed by atoms with E-state index < -0.39 is 0 Å². The maximum Gasteiger partial charge on any atom is 0.00314 e. The molecule has 0 aliphatic heterocycles. The zero-order valence-corrected chi connectivity index (χ0v) is 10.7. The summed E-state index contributed by atoms with van der Waals surface area (Å²) in [5.74, 6) is 0. The second-order valence-electron chi connectivity index (χ2n) is 2.84. The Morgan fingerprint density at radius 1 is 0.667 bits per heavy atom. The highest BCUT2D eigenvalue weighted by Crippen LogP contribution is 2.02. The number of hydrogen-bond acceptors (Lipinski definition) is 0. The minimum atomic E-state index is 1.14. The van der Waals surface area contributed by atoms with Crippen LogP contribution in [0.1, 0.15) is 38.5 Å². The summed E-state index contributed by atoms with van der Waals surface area (Å²) in [6.07, 6.45) is 12.4. The standard InChI is InChI=1S/C10H18Br2/c11-9-7-5-3-1-2-4-6-8-10-12/h1-2H,3-10H2/b2-1+. The van der Waals surface area contributed by atoms with Crippen molar-refractivity contribution in [1.29, 1.82) is 0 Å². The normalized spacial score (nSPS) is 11.2. The second kappa shape index (κ2) is 11.7.